The molecule has 0 heterocycles. The van der Waals surface area contributed by atoms with Crippen LogP contribution in [0.5, 0.6) is 0 Å². The van der Waals surface area contributed by atoms with Crippen LogP contribution < -0.4 is 57.1 Å². The Labute approximate surface area is 129 Å². The topological polar surface area (TPSA) is 121 Å². The number of carboxylic acid groups (broad SMARTS) is 1. The summed E-state index contributed by atoms with van der Waals surface area (Å²) in [5.41, 5.74) is 4.67. The third-order valence-electron chi connectivity index (χ3n) is 1.51. The van der Waals surface area contributed by atoms with Crippen molar-refractivity contribution in [2.75, 3.05) is 5.73 Å². The van der Waals surface area contributed by atoms with Crippen molar-refractivity contribution in [2.24, 2.45) is 0 Å². The summed E-state index contributed by atoms with van der Waals surface area (Å²) in [6.45, 7) is 0. The van der Waals surface area contributed by atoms with Crippen LogP contribution in [0.3, 0.4) is 0 Å². The standard InChI is InChI=1S/C7H7NO5S.K/c8-4-1-2-5(7(9)10)6(3-4)14(11,12)13;/h1-3H,8H2,(H,9,10)(H,11,12,13);/q;+1/p-1. The average molecular weight is 255 g/mol. The van der Waals surface area contributed by atoms with Gasteiger partial charge in [0.05, 0.1) is 10.5 Å². The fraction of sp³-hybridized carbons (Fsp3) is 0. The molecule has 0 unspecified atom stereocenters. The number of hydrogen-bond donors (Lipinski definition) is 2. The summed E-state index contributed by atoms with van der Waals surface area (Å²) in [7, 11) is -4.81. The van der Waals surface area contributed by atoms with E-state index in [0.717, 1.165) is 12.1 Å². The molecule has 1 rings (SSSR count). The van der Waals surface area contributed by atoms with Gasteiger partial charge in [0.1, 0.15) is 10.1 Å². The van der Waals surface area contributed by atoms with E-state index in [1.807, 2.05) is 0 Å². The van der Waals surface area contributed by atoms with Gasteiger partial charge in [-0.25, -0.2) is 13.2 Å². The summed E-state index contributed by atoms with van der Waals surface area (Å²) in [5, 5.41) is 8.58. The number of benzene rings is 1. The molecule has 0 aromatic heterocycles. The second-order valence-corrected chi connectivity index (χ2v) is 3.86. The van der Waals surface area contributed by atoms with Crippen molar-refractivity contribution in [2.45, 2.75) is 4.90 Å². The number of carboxylic acids is 1. The molecule has 0 aliphatic carbocycles. The molecule has 0 saturated carbocycles. The van der Waals surface area contributed by atoms with E-state index in [1.165, 1.54) is 6.07 Å². The number of rotatable bonds is 2. The molecule has 3 N–H and O–H groups in total. The van der Waals surface area contributed by atoms with Crippen LogP contribution in [-0.2, 0) is 10.1 Å². The molecule has 0 aliphatic rings. The van der Waals surface area contributed by atoms with E-state index >= 15 is 0 Å². The van der Waals surface area contributed by atoms with E-state index in [9.17, 15) is 17.8 Å². The van der Waals surface area contributed by atoms with Crippen LogP contribution in [0.15, 0.2) is 23.1 Å². The molecule has 15 heavy (non-hydrogen) atoms. The van der Waals surface area contributed by atoms with Gasteiger partial charge < -0.3 is 15.4 Å². The monoisotopic (exact) mass is 255 g/mol. The van der Waals surface area contributed by atoms with Crippen LogP contribution in [0, 0.1) is 0 Å². The largest absolute Gasteiger partial charge is 1.00 e. The van der Waals surface area contributed by atoms with E-state index in [0.29, 0.717) is 0 Å². The molecule has 6 nitrogen and oxygen atoms in total. The van der Waals surface area contributed by atoms with Gasteiger partial charge in [0.2, 0.25) is 0 Å². The fourth-order valence-corrected chi connectivity index (χ4v) is 1.63. The minimum atomic E-state index is -4.81. The summed E-state index contributed by atoms with van der Waals surface area (Å²) in [5.74, 6) is -1.49. The molecule has 0 aliphatic heterocycles. The van der Waals surface area contributed by atoms with Gasteiger partial charge in [0.15, 0.2) is 0 Å². The Hall–Kier alpha value is 0.0364. The fourth-order valence-electron chi connectivity index (χ4n) is 0.922. The molecule has 0 bridgehead atoms. The first-order valence-corrected chi connectivity index (χ1v) is 4.82. The molecule has 0 amide bonds. The van der Waals surface area contributed by atoms with E-state index in [2.05, 4.69) is 0 Å². The molecule has 0 fully saturated rings. The molecule has 0 radical (unpaired) electrons. The SMILES string of the molecule is Nc1ccc(C(=O)O)c(S(=O)(=O)[O-])c1.[K+]. The molecular weight excluding hydrogens is 249 g/mol. The summed E-state index contributed by atoms with van der Waals surface area (Å²) in [6, 6.07) is 3.01. The van der Waals surface area contributed by atoms with Gasteiger partial charge in [-0.1, -0.05) is 0 Å². The molecule has 8 heteroatoms. The maximum Gasteiger partial charge on any atom is 1.00 e. The molecule has 0 spiro atoms. The number of carbonyl (C=O) groups is 1. The number of nitrogen functional groups attached to an aromatic ring is 1. The summed E-state index contributed by atoms with van der Waals surface area (Å²) >= 11 is 0. The first kappa shape index (κ1) is 15.0. The quantitative estimate of drug-likeness (QED) is 0.327. The maximum absolute atomic E-state index is 10.6. The smallest absolute Gasteiger partial charge is 0.744 e. The van der Waals surface area contributed by atoms with E-state index in [-0.39, 0.29) is 57.1 Å². The van der Waals surface area contributed by atoms with Crippen molar-refractivity contribution < 1.29 is 74.3 Å². The third kappa shape index (κ3) is 3.83. The van der Waals surface area contributed by atoms with Crippen LogP contribution in [0.4, 0.5) is 5.69 Å². The van der Waals surface area contributed by atoms with Gasteiger partial charge in [-0.15, -0.1) is 0 Å². The number of nitrogens with two attached hydrogens (primary N) is 1. The van der Waals surface area contributed by atoms with Gasteiger partial charge in [-0.3, -0.25) is 0 Å². The average Bonchev–Trinajstić information content (AvgIpc) is 2.01. The minimum Gasteiger partial charge on any atom is -0.744 e. The molecule has 0 saturated heterocycles. The molecule has 1 aromatic carbocycles. The van der Waals surface area contributed by atoms with Gasteiger partial charge in [0.25, 0.3) is 0 Å². The number of hydrogen-bond acceptors (Lipinski definition) is 5. The zero-order valence-corrected chi connectivity index (χ0v) is 11.7. The minimum absolute atomic E-state index is 0. The summed E-state index contributed by atoms with van der Waals surface area (Å²) in [4.78, 5) is 9.72. The maximum atomic E-state index is 10.6. The van der Waals surface area contributed by atoms with Crippen LogP contribution >= 0.6 is 0 Å². The summed E-state index contributed by atoms with van der Waals surface area (Å²) < 4.78 is 31.9. The van der Waals surface area contributed by atoms with Gasteiger partial charge in [-0.2, -0.15) is 0 Å². The Morgan fingerprint density at radius 3 is 2.33 bits per heavy atom. The van der Waals surface area contributed by atoms with E-state index in [4.69, 9.17) is 10.8 Å². The van der Waals surface area contributed by atoms with Crippen LogP contribution in [-0.4, -0.2) is 24.0 Å². The van der Waals surface area contributed by atoms with Crippen molar-refractivity contribution >= 4 is 21.8 Å². The molecule has 1 aromatic rings. The van der Waals surface area contributed by atoms with Crippen molar-refractivity contribution in [3.05, 3.63) is 23.8 Å². The zero-order valence-electron chi connectivity index (χ0n) is 7.80. The number of aromatic carboxylic acids is 1. The molecular formula is C7H6KNO5S. The first-order chi connectivity index (χ1) is 6.32. The predicted molar refractivity (Wildman–Crippen MR) is 45.8 cm³/mol. The van der Waals surface area contributed by atoms with E-state index in [1.54, 1.807) is 0 Å². The van der Waals surface area contributed by atoms with Gasteiger partial charge in [-0.05, 0) is 18.2 Å². The third-order valence-corrected chi connectivity index (χ3v) is 2.38. The second kappa shape index (κ2) is 5.39. The van der Waals surface area contributed by atoms with Crippen molar-refractivity contribution in [3.63, 3.8) is 0 Å². The Bertz CT molecular complexity index is 484. The van der Waals surface area contributed by atoms with Crippen molar-refractivity contribution in [1.82, 2.24) is 0 Å². The molecule has 76 valence electrons. The Morgan fingerprint density at radius 2 is 1.93 bits per heavy atom. The summed E-state index contributed by atoms with van der Waals surface area (Å²) in [6.07, 6.45) is 0. The zero-order chi connectivity index (χ0) is 10.9. The van der Waals surface area contributed by atoms with Crippen LogP contribution in [0.25, 0.3) is 0 Å². The molecule has 0 atom stereocenters. The van der Waals surface area contributed by atoms with Gasteiger partial charge >= 0.3 is 57.4 Å². The second-order valence-electron chi connectivity index (χ2n) is 2.51. The first-order valence-electron chi connectivity index (χ1n) is 3.41. The number of anilines is 1. The Kier molecular flexibility index (Phi) is 5.40. The normalized spacial score (nSPS) is 10.5. The van der Waals surface area contributed by atoms with Crippen LogP contribution in [0.1, 0.15) is 10.4 Å². The van der Waals surface area contributed by atoms with Crippen molar-refractivity contribution in [1.29, 1.82) is 0 Å². The predicted octanol–water partition coefficient (Wildman–Crippen LogP) is -3.12. The Balaban J connectivity index is 0.00000196. The van der Waals surface area contributed by atoms with Gasteiger partial charge in [0, 0.05) is 5.69 Å². The van der Waals surface area contributed by atoms with Crippen LogP contribution in [0.2, 0.25) is 0 Å². The van der Waals surface area contributed by atoms with Crippen molar-refractivity contribution in [3.8, 4) is 0 Å². The van der Waals surface area contributed by atoms with E-state index < -0.39 is 26.5 Å². The Morgan fingerprint density at radius 1 is 1.40 bits per heavy atom.